The maximum Gasteiger partial charge on any atom is 0.113 e. The Hall–Kier alpha value is -4.66. The standard InChI is InChI=1S/C41H35NSi/c1-41(2)37-16-10-8-14-33(37)36-26-31(23-25-38(36)41)42(30-20-18-29(19-21-30)28-12-6-5-7-13-28)32-22-24-35-34-15-9-11-17-39(34)43(3,4)40(35)27-32/h5-27H,1-4H3. The first kappa shape index (κ1) is 26.0. The van der Waals surface area contributed by atoms with E-state index in [4.69, 9.17) is 0 Å². The predicted octanol–water partition coefficient (Wildman–Crippen LogP) is 9.93. The third-order valence-corrected chi connectivity index (χ3v) is 13.4. The van der Waals surface area contributed by atoms with Gasteiger partial charge in [-0.25, -0.2) is 0 Å². The van der Waals surface area contributed by atoms with Gasteiger partial charge in [0.25, 0.3) is 0 Å². The molecule has 6 aromatic carbocycles. The Bertz CT molecular complexity index is 2020. The van der Waals surface area contributed by atoms with Crippen LogP contribution in [0, 0.1) is 0 Å². The number of anilines is 3. The molecule has 2 aliphatic rings. The lowest BCUT2D eigenvalue weighted by Crippen LogP contribution is -2.49. The van der Waals surface area contributed by atoms with Gasteiger partial charge in [0.05, 0.1) is 0 Å². The summed E-state index contributed by atoms with van der Waals surface area (Å²) in [6.07, 6.45) is 0. The van der Waals surface area contributed by atoms with Gasteiger partial charge >= 0.3 is 0 Å². The molecule has 208 valence electrons. The Morgan fingerprint density at radius 3 is 1.79 bits per heavy atom. The highest BCUT2D eigenvalue weighted by Gasteiger charge is 2.38. The fraction of sp³-hybridized carbons (Fsp3) is 0.122. The third-order valence-electron chi connectivity index (χ3n) is 9.88. The van der Waals surface area contributed by atoms with E-state index >= 15 is 0 Å². The van der Waals surface area contributed by atoms with E-state index in [9.17, 15) is 0 Å². The average Bonchev–Trinajstić information content (AvgIpc) is 3.41. The van der Waals surface area contributed by atoms with Crippen molar-refractivity contribution in [1.29, 1.82) is 0 Å². The van der Waals surface area contributed by atoms with E-state index in [1.807, 2.05) is 0 Å². The van der Waals surface area contributed by atoms with Gasteiger partial charge in [0.2, 0.25) is 0 Å². The van der Waals surface area contributed by atoms with Crippen molar-refractivity contribution in [3.8, 4) is 33.4 Å². The fourth-order valence-corrected chi connectivity index (χ4v) is 10.7. The van der Waals surface area contributed by atoms with Crippen LogP contribution in [0.1, 0.15) is 25.0 Å². The molecule has 0 radical (unpaired) electrons. The van der Waals surface area contributed by atoms with Crippen molar-refractivity contribution in [2.24, 2.45) is 0 Å². The Morgan fingerprint density at radius 1 is 0.442 bits per heavy atom. The predicted molar refractivity (Wildman–Crippen MR) is 186 cm³/mol. The number of fused-ring (bicyclic) bond motifs is 6. The molecule has 43 heavy (non-hydrogen) atoms. The molecule has 0 atom stereocenters. The first-order chi connectivity index (χ1) is 20.8. The van der Waals surface area contributed by atoms with Crippen LogP contribution in [0.2, 0.25) is 13.1 Å². The monoisotopic (exact) mass is 569 g/mol. The molecule has 0 unspecified atom stereocenters. The van der Waals surface area contributed by atoms with E-state index in [-0.39, 0.29) is 5.41 Å². The molecule has 0 fully saturated rings. The maximum atomic E-state index is 2.49. The second-order valence-corrected chi connectivity index (χ2v) is 17.4. The van der Waals surface area contributed by atoms with Crippen LogP contribution >= 0.6 is 0 Å². The number of hydrogen-bond acceptors (Lipinski definition) is 1. The minimum atomic E-state index is -1.82. The van der Waals surface area contributed by atoms with Crippen LogP contribution in [0.3, 0.4) is 0 Å². The van der Waals surface area contributed by atoms with Gasteiger partial charge in [-0.3, -0.25) is 0 Å². The molecule has 0 N–H and O–H groups in total. The molecule has 8 rings (SSSR count). The van der Waals surface area contributed by atoms with Gasteiger partial charge in [0, 0.05) is 22.5 Å². The van der Waals surface area contributed by atoms with Gasteiger partial charge < -0.3 is 4.90 Å². The molecular weight excluding hydrogens is 535 g/mol. The van der Waals surface area contributed by atoms with Crippen molar-refractivity contribution in [3.63, 3.8) is 0 Å². The lowest BCUT2D eigenvalue weighted by atomic mass is 9.82. The van der Waals surface area contributed by atoms with Gasteiger partial charge in [0.15, 0.2) is 0 Å². The summed E-state index contributed by atoms with van der Waals surface area (Å²) >= 11 is 0. The summed E-state index contributed by atoms with van der Waals surface area (Å²) in [4.78, 5) is 2.46. The smallest absolute Gasteiger partial charge is 0.113 e. The minimum absolute atomic E-state index is 0.0123. The maximum absolute atomic E-state index is 2.49. The highest BCUT2D eigenvalue weighted by molar-refractivity contribution is 7.03. The summed E-state index contributed by atoms with van der Waals surface area (Å²) in [6.45, 7) is 9.69. The molecular formula is C41H35NSi. The first-order valence-electron chi connectivity index (χ1n) is 15.3. The molecule has 0 bridgehead atoms. The number of benzene rings is 6. The Morgan fingerprint density at radius 2 is 1.00 bits per heavy atom. The second-order valence-electron chi connectivity index (χ2n) is 13.0. The third kappa shape index (κ3) is 3.90. The lowest BCUT2D eigenvalue weighted by molar-refractivity contribution is 0.660. The van der Waals surface area contributed by atoms with Crippen molar-refractivity contribution < 1.29 is 0 Å². The van der Waals surface area contributed by atoms with E-state index in [0.29, 0.717) is 0 Å². The summed E-state index contributed by atoms with van der Waals surface area (Å²) < 4.78 is 0. The molecule has 6 aromatic rings. The zero-order chi connectivity index (χ0) is 29.3. The Balaban J connectivity index is 1.30. The number of rotatable bonds is 4. The topological polar surface area (TPSA) is 3.24 Å². The zero-order valence-corrected chi connectivity index (χ0v) is 26.2. The van der Waals surface area contributed by atoms with Crippen molar-refractivity contribution in [2.45, 2.75) is 32.4 Å². The quantitative estimate of drug-likeness (QED) is 0.191. The highest BCUT2D eigenvalue weighted by Crippen LogP contribution is 2.50. The average molecular weight is 570 g/mol. The van der Waals surface area contributed by atoms with Gasteiger partial charge in [0.1, 0.15) is 8.07 Å². The molecule has 0 saturated heterocycles. The first-order valence-corrected chi connectivity index (χ1v) is 18.3. The molecule has 0 aromatic heterocycles. The van der Waals surface area contributed by atoms with Crippen molar-refractivity contribution in [3.05, 3.63) is 151 Å². The lowest BCUT2D eigenvalue weighted by Gasteiger charge is -2.29. The molecule has 0 spiro atoms. The molecule has 1 aliphatic carbocycles. The summed E-state index contributed by atoms with van der Waals surface area (Å²) in [5.74, 6) is 0. The van der Waals surface area contributed by atoms with Crippen LogP contribution in [-0.2, 0) is 5.41 Å². The Kier molecular flexibility index (Phi) is 5.70. The van der Waals surface area contributed by atoms with E-state index in [2.05, 4.69) is 171 Å². The zero-order valence-electron chi connectivity index (χ0n) is 25.2. The van der Waals surface area contributed by atoms with Crippen LogP contribution in [0.4, 0.5) is 17.1 Å². The molecule has 2 heteroatoms. The van der Waals surface area contributed by atoms with E-state index in [1.54, 1.807) is 0 Å². The van der Waals surface area contributed by atoms with E-state index in [0.717, 1.165) is 0 Å². The van der Waals surface area contributed by atoms with Gasteiger partial charge in [-0.1, -0.05) is 130 Å². The second kappa shape index (κ2) is 9.42. The minimum Gasteiger partial charge on any atom is -0.310 e. The van der Waals surface area contributed by atoms with Gasteiger partial charge in [-0.15, -0.1) is 0 Å². The van der Waals surface area contributed by atoms with Crippen LogP contribution in [0.15, 0.2) is 140 Å². The molecule has 0 amide bonds. The van der Waals surface area contributed by atoms with Crippen LogP contribution < -0.4 is 15.3 Å². The summed E-state index contributed by atoms with van der Waals surface area (Å²) in [5.41, 5.74) is 14.3. The highest BCUT2D eigenvalue weighted by atomic mass is 28.3. The normalized spacial score (nSPS) is 14.9. The Labute approximate surface area is 256 Å². The SMILES string of the molecule is CC1(C)c2ccccc2-c2cc(N(c3ccc(-c4ccccc4)cc3)c3ccc4c(c3)[Si](C)(C)c3ccccc3-4)ccc21. The molecule has 1 heterocycles. The van der Waals surface area contributed by atoms with Gasteiger partial charge in [-0.05, 0) is 91.3 Å². The van der Waals surface area contributed by atoms with Crippen LogP contribution in [0.25, 0.3) is 33.4 Å². The fourth-order valence-electron chi connectivity index (χ4n) is 7.56. The molecule has 1 aliphatic heterocycles. The van der Waals surface area contributed by atoms with Crippen LogP contribution in [-0.4, -0.2) is 8.07 Å². The molecule has 0 saturated carbocycles. The largest absolute Gasteiger partial charge is 0.310 e. The molecule has 1 nitrogen and oxygen atoms in total. The summed E-state index contributed by atoms with van der Waals surface area (Å²) in [7, 11) is -1.82. The van der Waals surface area contributed by atoms with E-state index in [1.165, 1.54) is 71.9 Å². The van der Waals surface area contributed by atoms with Gasteiger partial charge in [-0.2, -0.15) is 0 Å². The van der Waals surface area contributed by atoms with Crippen molar-refractivity contribution >= 4 is 35.5 Å². The van der Waals surface area contributed by atoms with Crippen molar-refractivity contribution in [2.75, 3.05) is 4.90 Å². The number of hydrogen-bond donors (Lipinski definition) is 0. The van der Waals surface area contributed by atoms with E-state index < -0.39 is 8.07 Å². The summed E-state index contributed by atoms with van der Waals surface area (Å²) in [5, 5.41) is 3.06. The number of nitrogens with zero attached hydrogens (tertiary/aromatic N) is 1. The van der Waals surface area contributed by atoms with Crippen molar-refractivity contribution in [1.82, 2.24) is 0 Å². The van der Waals surface area contributed by atoms with Crippen LogP contribution in [0.5, 0.6) is 0 Å². The summed E-state index contributed by atoms with van der Waals surface area (Å²) in [6, 6.07) is 51.9.